The molecule has 40 heavy (non-hydrogen) atoms. The number of carbonyl (C=O) groups is 6. The number of carboxylic acid groups (broad SMARTS) is 2. The minimum Gasteiger partial charge on any atom is -0.481 e. The zero-order valence-corrected chi connectivity index (χ0v) is 21.8. The maximum Gasteiger partial charge on any atom is 0.326 e. The van der Waals surface area contributed by atoms with Crippen molar-refractivity contribution in [2.75, 3.05) is 0 Å². The van der Waals surface area contributed by atoms with Crippen molar-refractivity contribution in [1.82, 2.24) is 20.9 Å². The number of aliphatic carboxylic acids is 2. The summed E-state index contributed by atoms with van der Waals surface area (Å²) in [4.78, 5) is 75.2. The number of hydrogen-bond donors (Lipinski definition) is 9. The van der Waals surface area contributed by atoms with Gasteiger partial charge in [-0.2, -0.15) is 0 Å². The van der Waals surface area contributed by atoms with Crippen molar-refractivity contribution in [1.29, 1.82) is 0 Å². The highest BCUT2D eigenvalue weighted by Gasteiger charge is 2.33. The summed E-state index contributed by atoms with van der Waals surface area (Å²) in [7, 11) is 0. The number of aromatic amines is 1. The first-order valence-corrected chi connectivity index (χ1v) is 12.4. The molecule has 1 heterocycles. The van der Waals surface area contributed by atoms with Gasteiger partial charge in [-0.05, 0) is 37.8 Å². The van der Waals surface area contributed by atoms with Crippen molar-refractivity contribution in [3.8, 4) is 0 Å². The molecule has 15 nitrogen and oxygen atoms in total. The summed E-state index contributed by atoms with van der Waals surface area (Å²) in [6.07, 6.45) is -1.33. The first kappa shape index (κ1) is 31.7. The second kappa shape index (κ2) is 14.6. The molecular formula is C25H34N6O9. The van der Waals surface area contributed by atoms with Gasteiger partial charge in [0.2, 0.25) is 23.6 Å². The van der Waals surface area contributed by atoms with Crippen LogP contribution in [0.5, 0.6) is 0 Å². The molecule has 5 atom stereocenters. The van der Waals surface area contributed by atoms with Crippen molar-refractivity contribution in [2.24, 2.45) is 11.5 Å². The van der Waals surface area contributed by atoms with Crippen LogP contribution in [0.4, 0.5) is 0 Å². The fourth-order valence-corrected chi connectivity index (χ4v) is 3.91. The summed E-state index contributed by atoms with van der Waals surface area (Å²) in [6, 6.07) is 1.60. The van der Waals surface area contributed by atoms with E-state index in [9.17, 15) is 39.0 Å². The van der Waals surface area contributed by atoms with Gasteiger partial charge in [0.05, 0.1) is 12.1 Å². The Labute approximate surface area is 228 Å². The highest BCUT2D eigenvalue weighted by molar-refractivity contribution is 5.95. The Morgan fingerprint density at radius 3 is 2.12 bits per heavy atom. The van der Waals surface area contributed by atoms with E-state index in [0.29, 0.717) is 0 Å². The lowest BCUT2D eigenvalue weighted by Gasteiger charge is -2.26. The molecule has 1 aromatic heterocycles. The standard InChI is InChI=1S/C25H34N6O9/c1-12(32)21(31-22(36)15(26)10-13-11-28-16-5-3-2-4-14(13)16)24(38)29-17(7-9-20(34)35)23(37)30-18(25(39)40)6-8-19(27)33/h2-5,11-12,15,17-18,21,28,32H,6-10,26H2,1H3,(H2,27,33)(H,29,38)(H,30,37)(H,31,36)(H,34,35)(H,39,40). The normalized spacial score (nSPS) is 14.8. The predicted octanol–water partition coefficient (Wildman–Crippen LogP) is -1.91. The van der Waals surface area contributed by atoms with Gasteiger partial charge < -0.3 is 47.7 Å². The van der Waals surface area contributed by atoms with Crippen molar-refractivity contribution in [3.05, 3.63) is 36.0 Å². The number of carbonyl (C=O) groups excluding carboxylic acids is 4. The molecular weight excluding hydrogens is 528 g/mol. The predicted molar refractivity (Wildman–Crippen MR) is 140 cm³/mol. The van der Waals surface area contributed by atoms with Crippen LogP contribution in [0.15, 0.2) is 30.5 Å². The van der Waals surface area contributed by atoms with E-state index in [1.807, 2.05) is 24.3 Å². The third kappa shape index (κ3) is 9.36. The molecule has 15 heteroatoms. The van der Waals surface area contributed by atoms with Crippen molar-refractivity contribution < 1.29 is 44.1 Å². The third-order valence-electron chi connectivity index (χ3n) is 6.09. The molecule has 0 aliphatic carbocycles. The molecule has 218 valence electrons. The van der Waals surface area contributed by atoms with Gasteiger partial charge in [-0.25, -0.2) is 4.79 Å². The van der Waals surface area contributed by atoms with Crippen LogP contribution in [0.2, 0.25) is 0 Å². The number of nitrogens with two attached hydrogens (primary N) is 2. The average Bonchev–Trinajstić information content (AvgIpc) is 3.28. The Hall–Kier alpha value is -4.50. The van der Waals surface area contributed by atoms with E-state index < -0.39 is 78.7 Å². The molecule has 0 spiro atoms. The van der Waals surface area contributed by atoms with Crippen molar-refractivity contribution in [3.63, 3.8) is 0 Å². The van der Waals surface area contributed by atoms with Gasteiger partial charge in [0.15, 0.2) is 0 Å². The van der Waals surface area contributed by atoms with Gasteiger partial charge in [0.1, 0.15) is 18.1 Å². The molecule has 0 radical (unpaired) electrons. The molecule has 0 fully saturated rings. The van der Waals surface area contributed by atoms with E-state index in [4.69, 9.17) is 16.6 Å². The number of benzene rings is 1. The van der Waals surface area contributed by atoms with Crippen LogP contribution in [0.3, 0.4) is 0 Å². The number of H-pyrrole nitrogens is 1. The van der Waals surface area contributed by atoms with Crippen LogP contribution in [-0.2, 0) is 35.2 Å². The Kier molecular flexibility index (Phi) is 11.6. The summed E-state index contributed by atoms with van der Waals surface area (Å²) < 4.78 is 0. The number of rotatable bonds is 16. The molecule has 5 unspecified atom stereocenters. The van der Waals surface area contributed by atoms with E-state index in [0.717, 1.165) is 16.5 Å². The highest BCUT2D eigenvalue weighted by Crippen LogP contribution is 2.18. The monoisotopic (exact) mass is 562 g/mol. The van der Waals surface area contributed by atoms with Crippen molar-refractivity contribution in [2.45, 2.75) is 69.3 Å². The molecule has 4 amide bonds. The van der Waals surface area contributed by atoms with Crippen LogP contribution in [0.25, 0.3) is 10.9 Å². The molecule has 2 rings (SSSR count). The second-order valence-electron chi connectivity index (χ2n) is 9.29. The molecule has 1 aromatic carbocycles. The van der Waals surface area contributed by atoms with E-state index in [1.165, 1.54) is 6.92 Å². The maximum absolute atomic E-state index is 13.0. The number of amides is 4. The topological polar surface area (TPSA) is 267 Å². The number of fused-ring (bicyclic) bond motifs is 1. The minimum atomic E-state index is -1.58. The quantitative estimate of drug-likeness (QED) is 0.109. The second-order valence-corrected chi connectivity index (χ2v) is 9.29. The maximum atomic E-state index is 13.0. The van der Waals surface area contributed by atoms with Gasteiger partial charge in [-0.15, -0.1) is 0 Å². The summed E-state index contributed by atoms with van der Waals surface area (Å²) in [5, 5.41) is 36.2. The van der Waals surface area contributed by atoms with Crippen LogP contribution in [0.1, 0.15) is 38.2 Å². The fourth-order valence-electron chi connectivity index (χ4n) is 3.91. The van der Waals surface area contributed by atoms with Crippen molar-refractivity contribution >= 4 is 46.5 Å². The molecule has 2 aromatic rings. The van der Waals surface area contributed by atoms with Gasteiger partial charge in [-0.3, -0.25) is 24.0 Å². The number of aliphatic hydroxyl groups is 1. The first-order chi connectivity index (χ1) is 18.8. The Morgan fingerprint density at radius 1 is 0.900 bits per heavy atom. The van der Waals surface area contributed by atoms with Crippen LogP contribution >= 0.6 is 0 Å². The number of para-hydroxylation sites is 1. The van der Waals surface area contributed by atoms with Crippen LogP contribution in [0, 0.1) is 0 Å². The lowest BCUT2D eigenvalue weighted by atomic mass is 10.0. The molecule has 0 aliphatic heterocycles. The average molecular weight is 563 g/mol. The first-order valence-electron chi connectivity index (χ1n) is 12.4. The van der Waals surface area contributed by atoms with Gasteiger partial charge in [0.25, 0.3) is 0 Å². The zero-order valence-electron chi connectivity index (χ0n) is 21.8. The van der Waals surface area contributed by atoms with E-state index in [2.05, 4.69) is 20.9 Å². The summed E-state index contributed by atoms with van der Waals surface area (Å²) in [6.45, 7) is 1.21. The van der Waals surface area contributed by atoms with E-state index in [1.54, 1.807) is 6.20 Å². The fraction of sp³-hybridized carbons (Fsp3) is 0.440. The lowest BCUT2D eigenvalue weighted by Crippen LogP contribution is -2.60. The molecule has 0 aliphatic rings. The number of aromatic nitrogens is 1. The Bertz CT molecular complexity index is 1240. The van der Waals surface area contributed by atoms with Gasteiger partial charge in [-0.1, -0.05) is 18.2 Å². The van der Waals surface area contributed by atoms with E-state index in [-0.39, 0.29) is 19.3 Å². The number of hydrogen-bond acceptors (Lipinski definition) is 8. The Balaban J connectivity index is 2.12. The minimum absolute atomic E-state index is 0.107. The molecule has 0 saturated heterocycles. The molecule has 0 saturated carbocycles. The van der Waals surface area contributed by atoms with Crippen LogP contribution < -0.4 is 27.4 Å². The number of aliphatic hydroxyl groups excluding tert-OH is 1. The van der Waals surface area contributed by atoms with Gasteiger partial charge >= 0.3 is 11.9 Å². The number of nitrogens with one attached hydrogen (secondary N) is 4. The molecule has 0 bridgehead atoms. The SMILES string of the molecule is CC(O)C(NC(=O)C(N)Cc1c[nH]c2ccccc12)C(=O)NC(CCC(=O)O)C(=O)NC(CCC(N)=O)C(=O)O. The third-order valence-corrected chi connectivity index (χ3v) is 6.09. The zero-order chi connectivity index (χ0) is 30.0. The summed E-state index contributed by atoms with van der Waals surface area (Å²) in [5.41, 5.74) is 12.7. The Morgan fingerprint density at radius 2 is 1.52 bits per heavy atom. The van der Waals surface area contributed by atoms with E-state index >= 15 is 0 Å². The molecule has 11 N–H and O–H groups in total. The number of carboxylic acids is 2. The lowest BCUT2D eigenvalue weighted by molar-refractivity contribution is -0.143. The summed E-state index contributed by atoms with van der Waals surface area (Å²) >= 11 is 0. The van der Waals surface area contributed by atoms with Crippen LogP contribution in [-0.4, -0.2) is 86.1 Å². The largest absolute Gasteiger partial charge is 0.481 e. The smallest absolute Gasteiger partial charge is 0.326 e. The number of primary amides is 1. The summed E-state index contributed by atoms with van der Waals surface area (Å²) in [5.74, 6) is -6.41. The highest BCUT2D eigenvalue weighted by atomic mass is 16.4. The van der Waals surface area contributed by atoms with Gasteiger partial charge in [0, 0.05) is 29.9 Å².